The summed E-state index contributed by atoms with van der Waals surface area (Å²) in [4.78, 5) is 9.88. The zero-order valence-corrected chi connectivity index (χ0v) is 73.8. The van der Waals surface area contributed by atoms with Gasteiger partial charge in [0.1, 0.15) is 0 Å². The monoisotopic (exact) mass is 1360 g/mol. The Labute approximate surface area is 518 Å². The molecule has 0 saturated heterocycles. The van der Waals surface area contributed by atoms with Crippen LogP contribution in [-0.4, -0.2) is 96.9 Å². The molecule has 6 heterocycles. The Morgan fingerprint density at radius 3 is 0.308 bits per heavy atom. The minimum absolute atomic E-state index is 1.28. The molecule has 0 unspecified atom stereocenters. The number of thiophene rings is 6. The predicted octanol–water partition coefficient (Wildman–Crippen LogP) is 17.0. The summed E-state index contributed by atoms with van der Waals surface area (Å²) in [5, 5.41) is 10.3. The summed E-state index contributed by atoms with van der Waals surface area (Å²) >= 11 is 12.9. The molecule has 0 spiro atoms. The molecule has 438 valence electrons. The van der Waals surface area contributed by atoms with Crippen molar-refractivity contribution in [3.63, 3.8) is 0 Å². The Morgan fingerprint density at radius 1 is 0.154 bits per heavy atom. The molecule has 0 radical (unpaired) electrons. The second-order valence-electron chi connectivity index (χ2n) is 35.1. The Balaban J connectivity index is 0.000000252. The molecule has 0 fully saturated rings. The van der Waals surface area contributed by atoms with Crippen LogP contribution in [0.2, 0.25) is 236 Å². The molecule has 0 saturated carbocycles. The molecule has 0 nitrogen and oxygen atoms in total. The first-order valence-electron chi connectivity index (χ1n) is 29.2. The van der Waals surface area contributed by atoms with E-state index in [9.17, 15) is 0 Å². The van der Waals surface area contributed by atoms with Crippen LogP contribution in [-0.2, 0) is 0 Å². The van der Waals surface area contributed by atoms with E-state index < -0.39 is 96.9 Å². The minimum Gasteiger partial charge on any atom is -0.144 e. The van der Waals surface area contributed by atoms with E-state index >= 15 is 0 Å². The van der Waals surface area contributed by atoms with Crippen LogP contribution in [0.4, 0.5) is 0 Å². The van der Waals surface area contributed by atoms with Gasteiger partial charge in [0.05, 0.1) is 96.9 Å². The number of hydrogen-bond acceptors (Lipinski definition) is 6. The average molecular weight is 1370 g/mol. The lowest BCUT2D eigenvalue weighted by molar-refractivity contribution is 1.73. The van der Waals surface area contributed by atoms with Crippen LogP contribution in [0.5, 0.6) is 0 Å². The van der Waals surface area contributed by atoms with Gasteiger partial charge in [-0.3, -0.25) is 0 Å². The van der Waals surface area contributed by atoms with Crippen LogP contribution in [0.15, 0.2) is 36.4 Å². The first-order chi connectivity index (χ1) is 34.3. The van der Waals surface area contributed by atoms with Crippen molar-refractivity contribution in [3.05, 3.63) is 36.4 Å². The fourth-order valence-corrected chi connectivity index (χ4v) is 43.7. The Hall–Kier alpha value is 0.803. The highest BCUT2D eigenvalue weighted by atomic mass is 32.1. The molecule has 0 atom stereocenters. The molecule has 78 heavy (non-hydrogen) atoms. The van der Waals surface area contributed by atoms with Gasteiger partial charge in [0, 0.05) is 29.3 Å². The second kappa shape index (κ2) is 23.8. The van der Waals surface area contributed by atoms with Crippen molar-refractivity contribution < 1.29 is 0 Å². The third-order valence-electron chi connectivity index (χ3n) is 14.3. The van der Waals surface area contributed by atoms with E-state index in [2.05, 4.69) is 340 Å². The topological polar surface area (TPSA) is 0 Å². The van der Waals surface area contributed by atoms with Gasteiger partial charge in [0.2, 0.25) is 0 Å². The van der Waals surface area contributed by atoms with E-state index in [1.165, 1.54) is 0 Å². The second-order valence-corrected chi connectivity index (χ2v) is 104. The van der Waals surface area contributed by atoms with Gasteiger partial charge in [-0.1, -0.05) is 272 Å². The Bertz CT molecular complexity index is 2480. The SMILES string of the molecule is C[Si](C)(C)c1cc([Si](C)(C)C)c(-c2sc([Si](C)(C)C)cc2[Si](C)(C)C)s1.C[Si](C)(C)c1cc([Si](C)(C)C)c(-c2sc([Si](C)(C)C)cc2[Si](C)(C)C)s1.C[Si](C)(C)c1cc([Si](C)(C)C)c(-c2sc([Si](C)(C)C)cc2[Si](C)(C)C)s1. The van der Waals surface area contributed by atoms with E-state index in [1.807, 2.05) is 0 Å². The molecule has 0 N–H and O–H groups in total. The molecule has 6 aromatic rings. The van der Waals surface area contributed by atoms with E-state index in [4.69, 9.17) is 0 Å². The van der Waals surface area contributed by atoms with E-state index in [0.29, 0.717) is 0 Å². The highest BCUT2D eigenvalue weighted by molar-refractivity contribution is 7.38. The quantitative estimate of drug-likeness (QED) is 0.0899. The summed E-state index contributed by atoms with van der Waals surface area (Å²) in [6, 6.07) is 15.8. The standard InChI is InChI=1S/3C20H38S2Si4/c3*1-23(2,3)15-13-17(25(7,8)9)21-19(15)20-16(24(4,5)6)14-18(22-20)26(10,11)12/h3*13-14H,1-12H3. The molecule has 18 heteroatoms. The summed E-state index contributed by atoms with van der Waals surface area (Å²) in [5.41, 5.74) is 0. The summed E-state index contributed by atoms with van der Waals surface area (Å²) in [6.45, 7) is 90.4. The lowest BCUT2D eigenvalue weighted by atomic mass is 10.4. The van der Waals surface area contributed by atoms with E-state index in [0.717, 1.165) is 0 Å². The summed E-state index contributed by atoms with van der Waals surface area (Å²) in [6.07, 6.45) is 0. The number of rotatable bonds is 15. The fourth-order valence-electron chi connectivity index (χ4n) is 8.92. The summed E-state index contributed by atoms with van der Waals surface area (Å²) in [7, 11) is -15.9. The Kier molecular flexibility index (Phi) is 21.8. The van der Waals surface area contributed by atoms with Crippen LogP contribution in [0.3, 0.4) is 0 Å². The molecule has 6 aromatic heterocycles. The van der Waals surface area contributed by atoms with Crippen molar-refractivity contribution in [1.82, 2.24) is 0 Å². The maximum absolute atomic E-state index is 2.63. The van der Waals surface area contributed by atoms with E-state index in [1.54, 1.807) is 87.4 Å². The van der Waals surface area contributed by atoms with Crippen molar-refractivity contribution in [1.29, 1.82) is 0 Å². The van der Waals surface area contributed by atoms with Crippen molar-refractivity contribution in [2.24, 2.45) is 0 Å². The van der Waals surface area contributed by atoms with Gasteiger partial charge in [0.25, 0.3) is 0 Å². The molecule has 0 amide bonds. The van der Waals surface area contributed by atoms with Crippen LogP contribution < -0.4 is 58.1 Å². The molecular weight excluding hydrogens is 1250 g/mol. The highest BCUT2D eigenvalue weighted by Crippen LogP contribution is 2.35. The third-order valence-corrected chi connectivity index (χ3v) is 56.2. The molecule has 0 aliphatic rings. The predicted molar refractivity (Wildman–Crippen MR) is 419 cm³/mol. The van der Waals surface area contributed by atoms with Crippen LogP contribution in [0.25, 0.3) is 29.3 Å². The van der Waals surface area contributed by atoms with Crippen molar-refractivity contribution >= 4 is 223 Å². The lowest BCUT2D eigenvalue weighted by Gasteiger charge is -2.20. The van der Waals surface area contributed by atoms with Gasteiger partial charge < -0.3 is 0 Å². The van der Waals surface area contributed by atoms with Crippen LogP contribution in [0, 0.1) is 0 Å². The third kappa shape index (κ3) is 17.9. The zero-order chi connectivity index (χ0) is 60.9. The van der Waals surface area contributed by atoms with Gasteiger partial charge in [-0.2, -0.15) is 0 Å². The van der Waals surface area contributed by atoms with Gasteiger partial charge in [-0.15, -0.1) is 68.0 Å². The molecule has 0 aliphatic heterocycles. The molecular formula is C60H114S6Si12. The van der Waals surface area contributed by atoms with Crippen molar-refractivity contribution in [3.8, 4) is 29.3 Å². The maximum Gasteiger partial charge on any atom is 0.0904 e. The molecule has 0 aliphatic carbocycles. The number of hydrogen-bond donors (Lipinski definition) is 0. The Morgan fingerprint density at radius 2 is 0.244 bits per heavy atom. The molecule has 6 rings (SSSR count). The van der Waals surface area contributed by atoms with Gasteiger partial charge in [-0.05, 0) is 58.1 Å². The smallest absolute Gasteiger partial charge is 0.0904 e. The average Bonchev–Trinajstić information content (AvgIpc) is 4.02. The zero-order valence-electron chi connectivity index (χ0n) is 56.9. The van der Waals surface area contributed by atoms with Gasteiger partial charge >= 0.3 is 0 Å². The van der Waals surface area contributed by atoms with Crippen molar-refractivity contribution in [2.45, 2.75) is 236 Å². The first kappa shape index (κ1) is 71.3. The van der Waals surface area contributed by atoms with Crippen molar-refractivity contribution in [2.75, 3.05) is 0 Å². The lowest BCUT2D eigenvalue weighted by Crippen LogP contribution is -2.42. The van der Waals surface area contributed by atoms with Crippen LogP contribution >= 0.6 is 68.0 Å². The first-order valence-corrected chi connectivity index (χ1v) is 76.1. The van der Waals surface area contributed by atoms with Gasteiger partial charge in [-0.25, -0.2) is 0 Å². The minimum atomic E-state index is -1.37. The molecule has 0 aromatic carbocycles. The summed E-state index contributed by atoms with van der Waals surface area (Å²) in [5.74, 6) is 0. The largest absolute Gasteiger partial charge is 0.144 e. The van der Waals surface area contributed by atoms with E-state index in [-0.39, 0.29) is 0 Å². The summed E-state index contributed by atoms with van der Waals surface area (Å²) < 4.78 is 10.1. The maximum atomic E-state index is 2.63. The fraction of sp³-hybridized carbons (Fsp3) is 0.600. The van der Waals surface area contributed by atoms with Gasteiger partial charge in [0.15, 0.2) is 0 Å². The van der Waals surface area contributed by atoms with Crippen LogP contribution in [0.1, 0.15) is 0 Å². The normalized spacial score (nSPS) is 14.2. The highest BCUT2D eigenvalue weighted by Gasteiger charge is 2.38. The molecule has 0 bridgehead atoms.